The lowest BCUT2D eigenvalue weighted by Gasteiger charge is -2.59. The van der Waals surface area contributed by atoms with Gasteiger partial charge in [0.1, 0.15) is 0 Å². The number of hydrogen-bond donors (Lipinski definition) is 2. The fraction of sp³-hybridized carbons (Fsp3) is 1.00. The van der Waals surface area contributed by atoms with E-state index in [4.69, 9.17) is 5.11 Å². The molecule has 1 unspecified atom stereocenters. The Balaban J connectivity index is 1.63. The Morgan fingerprint density at radius 1 is 1.14 bits per heavy atom. The van der Waals surface area contributed by atoms with Gasteiger partial charge in [-0.15, -0.1) is 0 Å². The Labute approximate surface area is 134 Å². The molecular weight excluding hydrogens is 278 g/mol. The van der Waals surface area contributed by atoms with E-state index in [0.717, 1.165) is 36.0 Å². The highest BCUT2D eigenvalue weighted by atomic mass is 32.2. The first-order valence-corrected chi connectivity index (χ1v) is 10.3. The summed E-state index contributed by atoms with van der Waals surface area (Å²) in [5.41, 5.74) is 0.621. The second-order valence-corrected chi connectivity index (χ2v) is 9.09. The number of thioether (sulfide) groups is 1. The summed E-state index contributed by atoms with van der Waals surface area (Å²) in [6, 6.07) is 0.717. The van der Waals surface area contributed by atoms with Crippen LogP contribution < -0.4 is 5.32 Å². The lowest BCUT2D eigenvalue weighted by molar-refractivity contribution is -0.0693. The molecule has 122 valence electrons. The van der Waals surface area contributed by atoms with E-state index in [1.54, 1.807) is 0 Å². The molecule has 0 saturated heterocycles. The molecule has 0 aromatic rings. The minimum atomic E-state index is 0.345. The van der Waals surface area contributed by atoms with E-state index in [0.29, 0.717) is 12.0 Å². The van der Waals surface area contributed by atoms with Crippen molar-refractivity contribution in [2.24, 2.45) is 23.2 Å². The number of aliphatic hydroxyl groups excluding tert-OH is 1. The van der Waals surface area contributed by atoms with Crippen LogP contribution in [0.2, 0.25) is 0 Å². The SMILES string of the molecule is CCCNC(CSCCCO)C12CC3CC(CC(C3)C1)C2. The molecule has 4 saturated carbocycles. The third-order valence-electron chi connectivity index (χ3n) is 6.20. The van der Waals surface area contributed by atoms with Crippen LogP contribution in [0.5, 0.6) is 0 Å². The summed E-state index contributed by atoms with van der Waals surface area (Å²) < 4.78 is 0. The Kier molecular flexibility index (Phi) is 5.55. The van der Waals surface area contributed by atoms with E-state index < -0.39 is 0 Å². The molecule has 0 spiro atoms. The Morgan fingerprint density at radius 3 is 2.29 bits per heavy atom. The zero-order valence-electron chi connectivity index (χ0n) is 13.7. The molecule has 0 radical (unpaired) electrons. The average Bonchev–Trinajstić information content (AvgIpc) is 2.45. The zero-order chi connectivity index (χ0) is 14.7. The second kappa shape index (κ2) is 7.23. The van der Waals surface area contributed by atoms with Gasteiger partial charge in [0.2, 0.25) is 0 Å². The molecule has 21 heavy (non-hydrogen) atoms. The highest BCUT2D eigenvalue weighted by Gasteiger charge is 2.53. The monoisotopic (exact) mass is 311 g/mol. The quantitative estimate of drug-likeness (QED) is 0.637. The van der Waals surface area contributed by atoms with E-state index in [1.807, 2.05) is 0 Å². The third-order valence-corrected chi connectivity index (χ3v) is 7.34. The van der Waals surface area contributed by atoms with Crippen LogP contribution in [0.4, 0.5) is 0 Å². The summed E-state index contributed by atoms with van der Waals surface area (Å²) in [6.45, 7) is 3.80. The number of rotatable bonds is 9. The molecular formula is C18H33NOS. The minimum absolute atomic E-state index is 0.345. The van der Waals surface area contributed by atoms with Crippen molar-refractivity contribution >= 4 is 11.8 Å². The Hall–Kier alpha value is 0.270. The molecule has 4 aliphatic carbocycles. The van der Waals surface area contributed by atoms with Gasteiger partial charge in [-0.2, -0.15) is 11.8 Å². The predicted octanol–water partition coefficient (Wildman–Crippen LogP) is 3.69. The van der Waals surface area contributed by atoms with Gasteiger partial charge in [-0.25, -0.2) is 0 Å². The van der Waals surface area contributed by atoms with Gasteiger partial charge in [-0.1, -0.05) is 6.92 Å². The van der Waals surface area contributed by atoms with E-state index in [9.17, 15) is 0 Å². The van der Waals surface area contributed by atoms with Crippen LogP contribution in [-0.4, -0.2) is 35.8 Å². The molecule has 0 aliphatic heterocycles. The summed E-state index contributed by atoms with van der Waals surface area (Å²) in [4.78, 5) is 0. The Bertz CT molecular complexity index is 298. The van der Waals surface area contributed by atoms with Crippen LogP contribution in [0.25, 0.3) is 0 Å². The van der Waals surface area contributed by atoms with E-state index in [1.165, 1.54) is 57.2 Å². The van der Waals surface area contributed by atoms with Crippen molar-refractivity contribution in [3.63, 3.8) is 0 Å². The maximum atomic E-state index is 8.97. The first kappa shape index (κ1) is 16.1. The summed E-state index contributed by atoms with van der Waals surface area (Å²) >= 11 is 2.06. The van der Waals surface area contributed by atoms with Crippen LogP contribution in [-0.2, 0) is 0 Å². The smallest absolute Gasteiger partial charge is 0.0438 e. The van der Waals surface area contributed by atoms with Crippen LogP contribution in [0.3, 0.4) is 0 Å². The van der Waals surface area contributed by atoms with Gasteiger partial charge >= 0.3 is 0 Å². The summed E-state index contributed by atoms with van der Waals surface area (Å²) in [5, 5.41) is 12.9. The van der Waals surface area contributed by atoms with Crippen molar-refractivity contribution in [2.45, 2.75) is 64.3 Å². The van der Waals surface area contributed by atoms with Crippen molar-refractivity contribution in [1.29, 1.82) is 0 Å². The van der Waals surface area contributed by atoms with Gasteiger partial charge in [-0.05, 0) is 86.8 Å². The number of nitrogens with one attached hydrogen (secondary N) is 1. The molecule has 3 heteroatoms. The fourth-order valence-corrected chi connectivity index (χ4v) is 6.95. The van der Waals surface area contributed by atoms with Gasteiger partial charge in [0.05, 0.1) is 0 Å². The van der Waals surface area contributed by atoms with E-state index in [2.05, 4.69) is 24.0 Å². The van der Waals surface area contributed by atoms with Gasteiger partial charge < -0.3 is 10.4 Å². The number of hydrogen-bond acceptors (Lipinski definition) is 3. The Morgan fingerprint density at radius 2 is 1.76 bits per heavy atom. The lowest BCUT2D eigenvalue weighted by atomic mass is 9.48. The topological polar surface area (TPSA) is 32.3 Å². The highest BCUT2D eigenvalue weighted by molar-refractivity contribution is 7.99. The van der Waals surface area contributed by atoms with Crippen molar-refractivity contribution < 1.29 is 5.11 Å². The molecule has 0 amide bonds. The van der Waals surface area contributed by atoms with Crippen LogP contribution in [0.15, 0.2) is 0 Å². The first-order chi connectivity index (χ1) is 10.3. The minimum Gasteiger partial charge on any atom is -0.396 e. The second-order valence-electron chi connectivity index (χ2n) is 7.94. The predicted molar refractivity (Wildman–Crippen MR) is 91.7 cm³/mol. The van der Waals surface area contributed by atoms with Crippen LogP contribution >= 0.6 is 11.8 Å². The van der Waals surface area contributed by atoms with Crippen LogP contribution in [0.1, 0.15) is 58.3 Å². The van der Waals surface area contributed by atoms with E-state index in [-0.39, 0.29) is 0 Å². The molecule has 4 aliphatic rings. The highest BCUT2D eigenvalue weighted by Crippen LogP contribution is 2.61. The van der Waals surface area contributed by atoms with Crippen molar-refractivity contribution in [1.82, 2.24) is 5.32 Å². The standard InChI is InChI=1S/C18H33NOS/c1-2-4-19-17(13-21-6-3-5-20)18-10-14-7-15(11-18)9-16(8-14)12-18/h14-17,19-20H,2-13H2,1H3. The summed E-state index contributed by atoms with van der Waals surface area (Å²) in [6.07, 6.45) is 11.3. The molecule has 4 fully saturated rings. The molecule has 0 aromatic carbocycles. The van der Waals surface area contributed by atoms with Crippen molar-refractivity contribution in [3.05, 3.63) is 0 Å². The fourth-order valence-electron chi connectivity index (χ4n) is 5.74. The zero-order valence-corrected chi connectivity index (χ0v) is 14.5. The third kappa shape index (κ3) is 3.61. The maximum absolute atomic E-state index is 8.97. The summed E-state index contributed by atoms with van der Waals surface area (Å²) in [5.74, 6) is 5.51. The average molecular weight is 312 g/mol. The largest absolute Gasteiger partial charge is 0.396 e. The van der Waals surface area contributed by atoms with E-state index >= 15 is 0 Å². The molecule has 0 heterocycles. The normalized spacial score (nSPS) is 38.9. The molecule has 4 bridgehead atoms. The van der Waals surface area contributed by atoms with Crippen molar-refractivity contribution in [3.8, 4) is 0 Å². The van der Waals surface area contributed by atoms with Gasteiger partial charge in [-0.3, -0.25) is 0 Å². The molecule has 1 atom stereocenters. The molecule has 4 rings (SSSR count). The van der Waals surface area contributed by atoms with Gasteiger partial charge in [0.25, 0.3) is 0 Å². The van der Waals surface area contributed by atoms with Crippen molar-refractivity contribution in [2.75, 3.05) is 24.7 Å². The molecule has 0 aromatic heterocycles. The first-order valence-electron chi connectivity index (χ1n) is 9.17. The van der Waals surface area contributed by atoms with Gasteiger partial charge in [0, 0.05) is 18.4 Å². The number of aliphatic hydroxyl groups is 1. The lowest BCUT2D eigenvalue weighted by Crippen LogP contribution is -2.57. The van der Waals surface area contributed by atoms with Gasteiger partial charge in [0.15, 0.2) is 0 Å². The van der Waals surface area contributed by atoms with Crippen LogP contribution in [0, 0.1) is 23.2 Å². The molecule has 2 N–H and O–H groups in total. The summed E-state index contributed by atoms with van der Waals surface area (Å²) in [7, 11) is 0. The molecule has 2 nitrogen and oxygen atoms in total. The maximum Gasteiger partial charge on any atom is 0.0438 e.